The van der Waals surface area contributed by atoms with E-state index in [9.17, 15) is 9.59 Å². The molecule has 0 aromatic carbocycles. The van der Waals surface area contributed by atoms with E-state index in [0.29, 0.717) is 13.0 Å². The largest absolute Gasteiger partial charge is 0.385 e. The standard InChI is InChI=1S/C12H23N3O3/c1-9(12(17)15-6-3-4-7-15)14-11(16)10(13)5-8-18-2/h9-10H,3-8,13H2,1-2H3,(H,14,16). The fourth-order valence-corrected chi connectivity index (χ4v) is 1.97. The summed E-state index contributed by atoms with van der Waals surface area (Å²) in [5.74, 6) is -0.327. The summed E-state index contributed by atoms with van der Waals surface area (Å²) in [5, 5.41) is 2.65. The third kappa shape index (κ3) is 4.27. The van der Waals surface area contributed by atoms with E-state index in [-0.39, 0.29) is 11.8 Å². The first-order valence-electron chi connectivity index (χ1n) is 6.40. The predicted octanol–water partition coefficient (Wildman–Crippen LogP) is -0.523. The van der Waals surface area contributed by atoms with Gasteiger partial charge in [-0.15, -0.1) is 0 Å². The van der Waals surface area contributed by atoms with Crippen LogP contribution < -0.4 is 11.1 Å². The quantitative estimate of drug-likeness (QED) is 0.670. The van der Waals surface area contributed by atoms with Gasteiger partial charge in [0.1, 0.15) is 6.04 Å². The van der Waals surface area contributed by atoms with E-state index in [1.807, 2.05) is 0 Å². The van der Waals surface area contributed by atoms with E-state index >= 15 is 0 Å². The molecule has 0 spiro atoms. The molecular formula is C12H23N3O3. The molecule has 1 saturated heterocycles. The molecule has 0 aromatic rings. The number of carbonyl (C=O) groups is 2. The molecule has 0 aliphatic carbocycles. The van der Waals surface area contributed by atoms with Gasteiger partial charge in [-0.25, -0.2) is 0 Å². The van der Waals surface area contributed by atoms with Gasteiger partial charge in [-0.2, -0.15) is 0 Å². The Balaban J connectivity index is 2.35. The van der Waals surface area contributed by atoms with E-state index in [0.717, 1.165) is 25.9 Å². The monoisotopic (exact) mass is 257 g/mol. The minimum Gasteiger partial charge on any atom is -0.385 e. The zero-order chi connectivity index (χ0) is 13.5. The Labute approximate surface area is 108 Å². The van der Waals surface area contributed by atoms with Crippen LogP contribution in [0.2, 0.25) is 0 Å². The van der Waals surface area contributed by atoms with E-state index < -0.39 is 12.1 Å². The van der Waals surface area contributed by atoms with E-state index in [2.05, 4.69) is 5.32 Å². The smallest absolute Gasteiger partial charge is 0.244 e. The number of amides is 2. The Morgan fingerprint density at radius 3 is 2.56 bits per heavy atom. The van der Waals surface area contributed by atoms with Gasteiger partial charge in [0, 0.05) is 26.8 Å². The van der Waals surface area contributed by atoms with Crippen molar-refractivity contribution in [3.05, 3.63) is 0 Å². The van der Waals surface area contributed by atoms with Gasteiger partial charge in [-0.3, -0.25) is 9.59 Å². The van der Waals surface area contributed by atoms with Crippen molar-refractivity contribution in [3.8, 4) is 0 Å². The van der Waals surface area contributed by atoms with Crippen molar-refractivity contribution >= 4 is 11.8 Å². The topological polar surface area (TPSA) is 84.7 Å². The second-order valence-electron chi connectivity index (χ2n) is 4.65. The molecule has 6 heteroatoms. The summed E-state index contributed by atoms with van der Waals surface area (Å²) < 4.78 is 4.86. The molecular weight excluding hydrogens is 234 g/mol. The number of nitrogens with two attached hydrogens (primary N) is 1. The molecule has 0 saturated carbocycles. The lowest BCUT2D eigenvalue weighted by Gasteiger charge is -2.22. The summed E-state index contributed by atoms with van der Waals surface area (Å²) in [6, 6.07) is -1.14. The summed E-state index contributed by atoms with van der Waals surface area (Å²) in [5.41, 5.74) is 5.69. The van der Waals surface area contributed by atoms with Crippen LogP contribution in [0.15, 0.2) is 0 Å². The molecule has 1 aliphatic rings. The first kappa shape index (κ1) is 14.9. The normalized spacial score (nSPS) is 18.5. The molecule has 1 heterocycles. The van der Waals surface area contributed by atoms with Gasteiger partial charge in [0.05, 0.1) is 6.04 Å². The lowest BCUT2D eigenvalue weighted by molar-refractivity contribution is -0.135. The fraction of sp³-hybridized carbons (Fsp3) is 0.833. The summed E-state index contributed by atoms with van der Waals surface area (Å²) in [7, 11) is 1.56. The van der Waals surface area contributed by atoms with Gasteiger partial charge in [0.15, 0.2) is 0 Å². The summed E-state index contributed by atoms with van der Waals surface area (Å²) >= 11 is 0. The molecule has 1 fully saturated rings. The third-order valence-electron chi connectivity index (χ3n) is 3.12. The van der Waals surface area contributed by atoms with Crippen molar-refractivity contribution in [3.63, 3.8) is 0 Å². The van der Waals surface area contributed by atoms with Crippen LogP contribution in [0.1, 0.15) is 26.2 Å². The average molecular weight is 257 g/mol. The van der Waals surface area contributed by atoms with Gasteiger partial charge >= 0.3 is 0 Å². The van der Waals surface area contributed by atoms with Crippen LogP contribution in [-0.4, -0.2) is 55.6 Å². The van der Waals surface area contributed by atoms with Crippen molar-refractivity contribution in [2.45, 2.75) is 38.3 Å². The summed E-state index contributed by atoms with van der Waals surface area (Å²) in [6.45, 7) is 3.70. The maximum atomic E-state index is 12.0. The number of nitrogens with one attached hydrogen (secondary N) is 1. The van der Waals surface area contributed by atoms with Crippen molar-refractivity contribution in [2.75, 3.05) is 26.8 Å². The van der Waals surface area contributed by atoms with Crippen LogP contribution >= 0.6 is 0 Å². The van der Waals surface area contributed by atoms with Gasteiger partial charge in [0.2, 0.25) is 11.8 Å². The highest BCUT2D eigenvalue weighted by atomic mass is 16.5. The Hall–Kier alpha value is -1.14. The highest BCUT2D eigenvalue weighted by Gasteiger charge is 2.25. The number of rotatable bonds is 6. The number of nitrogens with zero attached hydrogens (tertiary/aromatic N) is 1. The Morgan fingerprint density at radius 2 is 2.00 bits per heavy atom. The Kier molecular flexibility index (Phi) is 6.07. The van der Waals surface area contributed by atoms with Gasteiger partial charge in [-0.1, -0.05) is 0 Å². The maximum Gasteiger partial charge on any atom is 0.244 e. The van der Waals surface area contributed by atoms with Crippen LogP contribution in [0.25, 0.3) is 0 Å². The minimum atomic E-state index is -0.626. The number of hydrogen-bond donors (Lipinski definition) is 2. The molecule has 2 atom stereocenters. The minimum absolute atomic E-state index is 0.0280. The average Bonchev–Trinajstić information content (AvgIpc) is 2.88. The van der Waals surface area contributed by atoms with Crippen LogP contribution in [0, 0.1) is 0 Å². The molecule has 0 radical (unpaired) electrons. The molecule has 18 heavy (non-hydrogen) atoms. The van der Waals surface area contributed by atoms with Gasteiger partial charge < -0.3 is 20.7 Å². The van der Waals surface area contributed by atoms with Crippen LogP contribution in [-0.2, 0) is 14.3 Å². The summed E-state index contributed by atoms with van der Waals surface area (Å²) in [4.78, 5) is 25.5. The Morgan fingerprint density at radius 1 is 1.39 bits per heavy atom. The SMILES string of the molecule is COCCC(N)C(=O)NC(C)C(=O)N1CCCC1. The predicted molar refractivity (Wildman–Crippen MR) is 67.9 cm³/mol. The highest BCUT2D eigenvalue weighted by molar-refractivity contribution is 5.89. The van der Waals surface area contributed by atoms with E-state index in [1.54, 1.807) is 18.9 Å². The Bertz CT molecular complexity index is 290. The molecule has 6 nitrogen and oxygen atoms in total. The lowest BCUT2D eigenvalue weighted by Crippen LogP contribution is -2.51. The lowest BCUT2D eigenvalue weighted by atomic mass is 10.2. The van der Waals surface area contributed by atoms with Crippen LogP contribution in [0.3, 0.4) is 0 Å². The van der Waals surface area contributed by atoms with Crippen LogP contribution in [0.4, 0.5) is 0 Å². The zero-order valence-corrected chi connectivity index (χ0v) is 11.1. The second-order valence-corrected chi connectivity index (χ2v) is 4.65. The summed E-state index contributed by atoms with van der Waals surface area (Å²) in [6.07, 6.45) is 2.53. The second kappa shape index (κ2) is 7.33. The molecule has 104 valence electrons. The number of likely N-dealkylation sites (tertiary alicyclic amines) is 1. The number of ether oxygens (including phenoxy) is 1. The molecule has 1 aliphatic heterocycles. The number of carbonyl (C=O) groups excluding carboxylic acids is 2. The molecule has 3 N–H and O–H groups in total. The van der Waals surface area contributed by atoms with Gasteiger partial charge in [-0.05, 0) is 26.2 Å². The van der Waals surface area contributed by atoms with E-state index in [1.165, 1.54) is 0 Å². The van der Waals surface area contributed by atoms with Crippen LogP contribution in [0.5, 0.6) is 0 Å². The molecule has 0 aromatic heterocycles. The van der Waals surface area contributed by atoms with Crippen molar-refractivity contribution < 1.29 is 14.3 Å². The number of methoxy groups -OCH3 is 1. The zero-order valence-electron chi connectivity index (χ0n) is 11.1. The highest BCUT2D eigenvalue weighted by Crippen LogP contribution is 2.09. The molecule has 2 unspecified atom stereocenters. The number of hydrogen-bond acceptors (Lipinski definition) is 4. The first-order chi connectivity index (χ1) is 8.56. The van der Waals surface area contributed by atoms with Crippen molar-refractivity contribution in [1.82, 2.24) is 10.2 Å². The maximum absolute atomic E-state index is 12.0. The molecule has 0 bridgehead atoms. The van der Waals surface area contributed by atoms with E-state index in [4.69, 9.17) is 10.5 Å². The van der Waals surface area contributed by atoms with Crippen molar-refractivity contribution in [1.29, 1.82) is 0 Å². The fourth-order valence-electron chi connectivity index (χ4n) is 1.97. The third-order valence-corrected chi connectivity index (χ3v) is 3.12. The molecule has 1 rings (SSSR count). The van der Waals surface area contributed by atoms with Crippen molar-refractivity contribution in [2.24, 2.45) is 5.73 Å². The molecule has 2 amide bonds. The first-order valence-corrected chi connectivity index (χ1v) is 6.40. The van der Waals surface area contributed by atoms with Gasteiger partial charge in [0.25, 0.3) is 0 Å².